The number of nitrogens with two attached hydrogens (primary N) is 1. The lowest BCUT2D eigenvalue weighted by atomic mass is 9.93. The number of amides is 1. The van der Waals surface area contributed by atoms with Crippen molar-refractivity contribution in [3.05, 3.63) is 21.9 Å². The van der Waals surface area contributed by atoms with Crippen molar-refractivity contribution in [2.24, 2.45) is 5.73 Å². The van der Waals surface area contributed by atoms with Crippen LogP contribution in [0.5, 0.6) is 0 Å². The largest absolute Gasteiger partial charge is 0.345 e. The summed E-state index contributed by atoms with van der Waals surface area (Å²) in [6, 6.07) is 1.96. The van der Waals surface area contributed by atoms with Gasteiger partial charge in [0.25, 0.3) is 5.91 Å². The highest BCUT2D eigenvalue weighted by Gasteiger charge is 2.27. The van der Waals surface area contributed by atoms with Crippen LogP contribution >= 0.6 is 11.3 Å². The number of aryl methyl sites for hydroxylation is 1. The van der Waals surface area contributed by atoms with Crippen LogP contribution in [-0.2, 0) is 0 Å². The third-order valence-electron chi connectivity index (χ3n) is 3.19. The second-order valence-corrected chi connectivity index (χ2v) is 4.99. The van der Waals surface area contributed by atoms with Crippen LogP contribution in [0.1, 0.15) is 41.9 Å². The topological polar surface area (TPSA) is 55.1 Å². The maximum atomic E-state index is 12.1. The van der Waals surface area contributed by atoms with Crippen LogP contribution in [0.3, 0.4) is 0 Å². The summed E-state index contributed by atoms with van der Waals surface area (Å²) in [5, 5.41) is 5.01. The predicted molar refractivity (Wildman–Crippen MR) is 68.9 cm³/mol. The fraction of sp³-hybridized carbons (Fsp3) is 0.583. The zero-order chi connectivity index (χ0) is 12.2. The maximum Gasteiger partial charge on any atom is 0.262 e. The fourth-order valence-electron chi connectivity index (χ4n) is 1.67. The Kier molecular flexibility index (Phi) is 4.50. The van der Waals surface area contributed by atoms with Gasteiger partial charge < -0.3 is 11.1 Å². The molecule has 3 N–H and O–H groups in total. The van der Waals surface area contributed by atoms with E-state index in [4.69, 9.17) is 5.73 Å². The number of thiophene rings is 1. The Hall–Kier alpha value is -0.870. The van der Waals surface area contributed by atoms with Crippen LogP contribution in [0, 0.1) is 6.92 Å². The molecule has 16 heavy (non-hydrogen) atoms. The van der Waals surface area contributed by atoms with Gasteiger partial charge in [-0.3, -0.25) is 4.79 Å². The Balaban J connectivity index is 2.81. The summed E-state index contributed by atoms with van der Waals surface area (Å²) in [5.41, 5.74) is 6.53. The van der Waals surface area contributed by atoms with E-state index < -0.39 is 0 Å². The summed E-state index contributed by atoms with van der Waals surface area (Å²) in [6.45, 7) is 6.54. The average Bonchev–Trinajstić information content (AvgIpc) is 2.72. The van der Waals surface area contributed by atoms with Gasteiger partial charge >= 0.3 is 0 Å². The van der Waals surface area contributed by atoms with Crippen LogP contribution in [-0.4, -0.2) is 18.0 Å². The van der Waals surface area contributed by atoms with Crippen LogP contribution in [0.25, 0.3) is 0 Å². The predicted octanol–water partition coefficient (Wildman–Crippen LogP) is 2.30. The summed E-state index contributed by atoms with van der Waals surface area (Å²) in [5.74, 6) is 0.00153. The van der Waals surface area contributed by atoms with Crippen molar-refractivity contribution in [1.82, 2.24) is 5.32 Å². The molecule has 0 spiro atoms. The first kappa shape index (κ1) is 13.2. The molecule has 0 aliphatic rings. The molecule has 0 aliphatic heterocycles. The zero-order valence-electron chi connectivity index (χ0n) is 10.2. The van der Waals surface area contributed by atoms with E-state index in [9.17, 15) is 4.79 Å². The lowest BCUT2D eigenvalue weighted by Gasteiger charge is -2.31. The zero-order valence-corrected chi connectivity index (χ0v) is 11.0. The number of hydrogen-bond acceptors (Lipinski definition) is 3. The Labute approximate surface area is 101 Å². The summed E-state index contributed by atoms with van der Waals surface area (Å²) in [4.78, 5) is 12.9. The Bertz CT molecular complexity index is 347. The first-order chi connectivity index (χ1) is 7.58. The molecule has 0 aliphatic carbocycles. The van der Waals surface area contributed by atoms with E-state index in [1.807, 2.05) is 18.4 Å². The van der Waals surface area contributed by atoms with Gasteiger partial charge in [-0.05, 0) is 36.8 Å². The number of carbonyl (C=O) groups excluding carboxylic acids is 1. The first-order valence-electron chi connectivity index (χ1n) is 5.65. The molecule has 0 saturated carbocycles. The smallest absolute Gasteiger partial charge is 0.262 e. The number of rotatable bonds is 5. The quantitative estimate of drug-likeness (QED) is 0.829. The summed E-state index contributed by atoms with van der Waals surface area (Å²) < 4.78 is 0. The van der Waals surface area contributed by atoms with Gasteiger partial charge in [0.1, 0.15) is 0 Å². The molecular weight excluding hydrogens is 220 g/mol. The first-order valence-corrected chi connectivity index (χ1v) is 6.53. The van der Waals surface area contributed by atoms with Crippen LogP contribution < -0.4 is 11.1 Å². The van der Waals surface area contributed by atoms with Crippen molar-refractivity contribution in [1.29, 1.82) is 0 Å². The van der Waals surface area contributed by atoms with Crippen LogP contribution in [0.15, 0.2) is 11.4 Å². The van der Waals surface area contributed by atoms with Crippen molar-refractivity contribution < 1.29 is 4.79 Å². The van der Waals surface area contributed by atoms with Gasteiger partial charge in [-0.15, -0.1) is 11.3 Å². The molecule has 0 aromatic carbocycles. The molecule has 4 heteroatoms. The van der Waals surface area contributed by atoms with E-state index in [-0.39, 0.29) is 11.4 Å². The third kappa shape index (κ3) is 2.62. The van der Waals surface area contributed by atoms with Gasteiger partial charge in [0.15, 0.2) is 0 Å². The van der Waals surface area contributed by atoms with Gasteiger partial charge in [0, 0.05) is 6.54 Å². The molecule has 0 saturated heterocycles. The van der Waals surface area contributed by atoms with Crippen molar-refractivity contribution in [3.63, 3.8) is 0 Å². The van der Waals surface area contributed by atoms with Crippen molar-refractivity contribution in [2.75, 3.05) is 6.54 Å². The monoisotopic (exact) mass is 240 g/mol. The molecule has 1 amide bonds. The van der Waals surface area contributed by atoms with E-state index in [1.54, 1.807) is 0 Å². The van der Waals surface area contributed by atoms with Crippen molar-refractivity contribution in [3.8, 4) is 0 Å². The van der Waals surface area contributed by atoms with E-state index >= 15 is 0 Å². The normalized spacial score (nSPS) is 11.5. The minimum absolute atomic E-state index is 0.00153. The maximum absolute atomic E-state index is 12.1. The molecule has 90 valence electrons. The fourth-order valence-corrected chi connectivity index (χ4v) is 2.49. The molecule has 1 aromatic heterocycles. The SMILES string of the molecule is CCC(CC)(CN)NC(=O)c1sccc1C. The van der Waals surface area contributed by atoms with E-state index in [0.29, 0.717) is 6.54 Å². The molecule has 0 bridgehead atoms. The Morgan fingerprint density at radius 1 is 1.50 bits per heavy atom. The van der Waals surface area contributed by atoms with Gasteiger partial charge in [0.2, 0.25) is 0 Å². The molecule has 1 rings (SSSR count). The Morgan fingerprint density at radius 2 is 2.12 bits per heavy atom. The second kappa shape index (κ2) is 5.46. The summed E-state index contributed by atoms with van der Waals surface area (Å²) in [7, 11) is 0. The minimum atomic E-state index is -0.256. The van der Waals surface area contributed by atoms with Gasteiger partial charge in [0.05, 0.1) is 10.4 Å². The van der Waals surface area contributed by atoms with Gasteiger partial charge in [-0.2, -0.15) is 0 Å². The lowest BCUT2D eigenvalue weighted by molar-refractivity contribution is 0.0899. The highest BCUT2D eigenvalue weighted by Crippen LogP contribution is 2.19. The third-order valence-corrected chi connectivity index (χ3v) is 4.21. The molecule has 1 aromatic rings. The average molecular weight is 240 g/mol. The summed E-state index contributed by atoms with van der Waals surface area (Å²) in [6.07, 6.45) is 1.71. The van der Waals surface area contributed by atoms with E-state index in [1.165, 1.54) is 11.3 Å². The Morgan fingerprint density at radius 3 is 2.50 bits per heavy atom. The van der Waals surface area contributed by atoms with Crippen molar-refractivity contribution >= 4 is 17.2 Å². The van der Waals surface area contributed by atoms with E-state index in [0.717, 1.165) is 23.3 Å². The standard InChI is InChI=1S/C12H20N2OS/c1-4-12(5-2,8-13)14-11(15)10-9(3)6-7-16-10/h6-7H,4-5,8,13H2,1-3H3,(H,14,15). The highest BCUT2D eigenvalue weighted by atomic mass is 32.1. The number of hydrogen-bond donors (Lipinski definition) is 2. The molecular formula is C12H20N2OS. The van der Waals surface area contributed by atoms with Crippen LogP contribution in [0.4, 0.5) is 0 Å². The molecule has 0 radical (unpaired) electrons. The highest BCUT2D eigenvalue weighted by molar-refractivity contribution is 7.12. The molecule has 0 atom stereocenters. The number of carbonyl (C=O) groups is 1. The molecule has 3 nitrogen and oxygen atoms in total. The summed E-state index contributed by atoms with van der Waals surface area (Å²) >= 11 is 1.48. The molecule has 0 unspecified atom stereocenters. The van der Waals surface area contributed by atoms with Gasteiger partial charge in [-0.1, -0.05) is 13.8 Å². The lowest BCUT2D eigenvalue weighted by Crippen LogP contribution is -2.52. The second-order valence-electron chi connectivity index (χ2n) is 4.08. The van der Waals surface area contributed by atoms with Crippen LogP contribution in [0.2, 0.25) is 0 Å². The molecule has 1 heterocycles. The minimum Gasteiger partial charge on any atom is -0.345 e. The van der Waals surface area contributed by atoms with Gasteiger partial charge in [-0.25, -0.2) is 0 Å². The van der Waals surface area contributed by atoms with Crippen molar-refractivity contribution in [2.45, 2.75) is 39.2 Å². The number of nitrogens with one attached hydrogen (secondary N) is 1. The molecule has 0 fully saturated rings. The van der Waals surface area contributed by atoms with E-state index in [2.05, 4.69) is 19.2 Å².